The Hall–Kier alpha value is -2.10. The molecule has 0 spiro atoms. The van der Waals surface area contributed by atoms with Gasteiger partial charge in [-0.3, -0.25) is 9.78 Å². The van der Waals surface area contributed by atoms with Crippen LogP contribution in [0.25, 0.3) is 0 Å². The van der Waals surface area contributed by atoms with Crippen LogP contribution in [0.15, 0.2) is 29.1 Å². The van der Waals surface area contributed by atoms with Crippen LogP contribution in [0.5, 0.6) is 0 Å². The van der Waals surface area contributed by atoms with Crippen molar-refractivity contribution in [3.8, 4) is 0 Å². The zero-order chi connectivity index (χ0) is 15.7. The predicted octanol–water partition coefficient (Wildman–Crippen LogP) is 3.36. The van der Waals surface area contributed by atoms with Gasteiger partial charge in [-0.2, -0.15) is 0 Å². The highest BCUT2D eigenvalue weighted by Gasteiger charge is 2.22. The summed E-state index contributed by atoms with van der Waals surface area (Å²) in [6.45, 7) is 7.16. The highest BCUT2D eigenvalue weighted by Crippen LogP contribution is 2.31. The smallest absolute Gasteiger partial charge is 0.255 e. The average Bonchev–Trinajstić information content (AvgIpc) is 2.89. The minimum atomic E-state index is 0.00697. The molecular formula is C18H23N3O. The van der Waals surface area contributed by atoms with Crippen molar-refractivity contribution in [1.29, 1.82) is 0 Å². The van der Waals surface area contributed by atoms with E-state index < -0.39 is 0 Å². The first-order valence-electron chi connectivity index (χ1n) is 8.01. The lowest BCUT2D eigenvalue weighted by Gasteiger charge is -2.19. The molecule has 0 aliphatic carbocycles. The molecule has 22 heavy (non-hydrogen) atoms. The first-order valence-corrected chi connectivity index (χ1v) is 8.01. The van der Waals surface area contributed by atoms with Gasteiger partial charge < -0.3 is 4.90 Å². The standard InChI is InChI=1S/C18H23N3O/c1-12(2)8-9-15-13(3)19-18(20-17(15)22)21-11-10-14-6-4-5-7-16(14)21/h4-7,12H,8-11H2,1-3H3,(H,19,20,22). The SMILES string of the molecule is Cc1nc(N2CCc3ccccc32)[nH]c(=O)c1CCC(C)C. The molecule has 0 saturated carbocycles. The molecule has 1 N–H and O–H groups in total. The topological polar surface area (TPSA) is 49.0 Å². The lowest BCUT2D eigenvalue weighted by Crippen LogP contribution is -2.24. The molecule has 2 heterocycles. The van der Waals surface area contributed by atoms with Crippen LogP contribution < -0.4 is 10.5 Å². The van der Waals surface area contributed by atoms with E-state index in [-0.39, 0.29) is 5.56 Å². The summed E-state index contributed by atoms with van der Waals surface area (Å²) in [5.74, 6) is 1.25. The van der Waals surface area contributed by atoms with Gasteiger partial charge in [0.25, 0.3) is 5.56 Å². The van der Waals surface area contributed by atoms with E-state index in [1.165, 1.54) is 5.56 Å². The van der Waals surface area contributed by atoms with Crippen LogP contribution in [-0.4, -0.2) is 16.5 Å². The van der Waals surface area contributed by atoms with Gasteiger partial charge in [-0.05, 0) is 43.7 Å². The molecule has 0 atom stereocenters. The third-order valence-corrected chi connectivity index (χ3v) is 4.32. The molecule has 0 radical (unpaired) electrons. The average molecular weight is 297 g/mol. The van der Waals surface area contributed by atoms with Crippen molar-refractivity contribution in [2.45, 2.75) is 40.0 Å². The number of rotatable bonds is 4. The van der Waals surface area contributed by atoms with Crippen LogP contribution in [0.4, 0.5) is 11.6 Å². The van der Waals surface area contributed by atoms with E-state index in [4.69, 9.17) is 0 Å². The lowest BCUT2D eigenvalue weighted by molar-refractivity contribution is 0.582. The monoisotopic (exact) mass is 297 g/mol. The molecule has 4 nitrogen and oxygen atoms in total. The summed E-state index contributed by atoms with van der Waals surface area (Å²) in [5.41, 5.74) is 4.15. The van der Waals surface area contributed by atoms with E-state index in [0.717, 1.165) is 42.8 Å². The van der Waals surface area contributed by atoms with Gasteiger partial charge in [-0.15, -0.1) is 0 Å². The quantitative estimate of drug-likeness (QED) is 0.941. The number of para-hydroxylation sites is 1. The number of H-pyrrole nitrogens is 1. The number of aryl methyl sites for hydroxylation is 1. The Balaban J connectivity index is 1.92. The van der Waals surface area contributed by atoms with Crippen molar-refractivity contribution in [3.05, 3.63) is 51.4 Å². The third-order valence-electron chi connectivity index (χ3n) is 4.32. The number of aromatic nitrogens is 2. The molecule has 1 aliphatic heterocycles. The maximum absolute atomic E-state index is 12.4. The van der Waals surface area contributed by atoms with E-state index in [1.807, 2.05) is 13.0 Å². The summed E-state index contributed by atoms with van der Waals surface area (Å²) in [6.07, 6.45) is 2.80. The summed E-state index contributed by atoms with van der Waals surface area (Å²) in [6, 6.07) is 8.31. The van der Waals surface area contributed by atoms with E-state index in [1.54, 1.807) is 0 Å². The van der Waals surface area contributed by atoms with E-state index in [9.17, 15) is 4.79 Å². The molecule has 2 aromatic rings. The van der Waals surface area contributed by atoms with Gasteiger partial charge in [0.15, 0.2) is 0 Å². The van der Waals surface area contributed by atoms with Crippen molar-refractivity contribution in [2.24, 2.45) is 5.92 Å². The zero-order valence-electron chi connectivity index (χ0n) is 13.5. The number of hydrogen-bond acceptors (Lipinski definition) is 3. The zero-order valence-corrected chi connectivity index (χ0v) is 13.5. The van der Waals surface area contributed by atoms with Crippen LogP contribution in [0.2, 0.25) is 0 Å². The highest BCUT2D eigenvalue weighted by atomic mass is 16.1. The molecule has 0 bridgehead atoms. The van der Waals surface area contributed by atoms with Crippen molar-refractivity contribution in [2.75, 3.05) is 11.4 Å². The number of hydrogen-bond donors (Lipinski definition) is 1. The Labute approximate surface area is 131 Å². The molecule has 3 rings (SSSR count). The molecule has 1 aromatic carbocycles. The second-order valence-corrected chi connectivity index (χ2v) is 6.42. The normalized spacial score (nSPS) is 13.7. The van der Waals surface area contributed by atoms with Crippen molar-refractivity contribution in [1.82, 2.24) is 9.97 Å². The number of anilines is 2. The molecule has 0 saturated heterocycles. The first-order chi connectivity index (χ1) is 10.6. The molecule has 1 aliphatic rings. The minimum Gasteiger partial charge on any atom is -0.311 e. The number of nitrogens with zero attached hydrogens (tertiary/aromatic N) is 2. The summed E-state index contributed by atoms with van der Waals surface area (Å²) < 4.78 is 0. The fourth-order valence-corrected chi connectivity index (χ4v) is 3.01. The largest absolute Gasteiger partial charge is 0.311 e. The minimum absolute atomic E-state index is 0.00697. The van der Waals surface area contributed by atoms with Gasteiger partial charge >= 0.3 is 0 Å². The molecule has 4 heteroatoms. The highest BCUT2D eigenvalue weighted by molar-refractivity contribution is 5.65. The molecule has 116 valence electrons. The van der Waals surface area contributed by atoms with Crippen LogP contribution in [0, 0.1) is 12.8 Å². The number of benzene rings is 1. The van der Waals surface area contributed by atoms with Gasteiger partial charge in [0.1, 0.15) is 0 Å². The van der Waals surface area contributed by atoms with Crippen molar-refractivity contribution >= 4 is 11.6 Å². The fraction of sp³-hybridized carbons (Fsp3) is 0.444. The maximum Gasteiger partial charge on any atom is 0.255 e. The Kier molecular flexibility index (Phi) is 4.01. The lowest BCUT2D eigenvalue weighted by atomic mass is 10.0. The van der Waals surface area contributed by atoms with Crippen molar-refractivity contribution in [3.63, 3.8) is 0 Å². The second kappa shape index (κ2) is 5.95. The number of fused-ring (bicyclic) bond motifs is 1. The Morgan fingerprint density at radius 1 is 1.32 bits per heavy atom. The molecule has 0 amide bonds. The van der Waals surface area contributed by atoms with E-state index >= 15 is 0 Å². The molecular weight excluding hydrogens is 274 g/mol. The van der Waals surface area contributed by atoms with Crippen LogP contribution in [-0.2, 0) is 12.8 Å². The van der Waals surface area contributed by atoms with Crippen LogP contribution >= 0.6 is 0 Å². The number of nitrogens with one attached hydrogen (secondary N) is 1. The first kappa shape index (κ1) is 14.8. The maximum atomic E-state index is 12.4. The van der Waals surface area contributed by atoms with E-state index in [2.05, 4.69) is 46.9 Å². The summed E-state index contributed by atoms with van der Waals surface area (Å²) >= 11 is 0. The van der Waals surface area contributed by atoms with Gasteiger partial charge in [-0.1, -0.05) is 32.0 Å². The van der Waals surface area contributed by atoms with Gasteiger partial charge in [0.2, 0.25) is 5.95 Å². The Morgan fingerprint density at radius 2 is 2.09 bits per heavy atom. The third kappa shape index (κ3) is 2.78. The number of aromatic amines is 1. The van der Waals surface area contributed by atoms with Crippen LogP contribution in [0.3, 0.4) is 0 Å². The van der Waals surface area contributed by atoms with E-state index in [0.29, 0.717) is 11.9 Å². The van der Waals surface area contributed by atoms with Crippen molar-refractivity contribution < 1.29 is 0 Å². The van der Waals surface area contributed by atoms with Crippen LogP contribution in [0.1, 0.15) is 37.1 Å². The van der Waals surface area contributed by atoms with Gasteiger partial charge in [0.05, 0.1) is 0 Å². The van der Waals surface area contributed by atoms with Gasteiger partial charge in [0, 0.05) is 23.5 Å². The molecule has 0 fully saturated rings. The molecule has 0 unspecified atom stereocenters. The predicted molar refractivity (Wildman–Crippen MR) is 89.9 cm³/mol. The molecule has 1 aromatic heterocycles. The Bertz CT molecular complexity index is 733. The Morgan fingerprint density at radius 3 is 2.82 bits per heavy atom. The summed E-state index contributed by atoms with van der Waals surface area (Å²) in [5, 5.41) is 0. The fourth-order valence-electron chi connectivity index (χ4n) is 3.01. The van der Waals surface area contributed by atoms with Gasteiger partial charge in [-0.25, -0.2) is 4.98 Å². The summed E-state index contributed by atoms with van der Waals surface area (Å²) in [7, 11) is 0. The second-order valence-electron chi connectivity index (χ2n) is 6.42. The summed E-state index contributed by atoms with van der Waals surface area (Å²) in [4.78, 5) is 22.2.